The molecule has 0 saturated carbocycles. The molecule has 0 aliphatic rings. The highest BCUT2D eigenvalue weighted by Gasteiger charge is 2.19. The number of carbonyl (C=O) groups is 1. The third-order valence-electron chi connectivity index (χ3n) is 2.24. The Hall–Kier alpha value is -1.51. The lowest BCUT2D eigenvalue weighted by molar-refractivity contribution is -0.255. The van der Waals surface area contributed by atoms with Gasteiger partial charge >= 0.3 is 0 Å². The fourth-order valence-electron chi connectivity index (χ4n) is 1.42. The van der Waals surface area contributed by atoms with Crippen LogP contribution in [0, 0.1) is 0 Å². The molecule has 0 N–H and O–H groups in total. The zero-order valence-corrected chi connectivity index (χ0v) is 9.46. The van der Waals surface area contributed by atoms with Gasteiger partial charge in [-0.2, -0.15) is 0 Å². The van der Waals surface area contributed by atoms with Gasteiger partial charge in [-0.15, -0.1) is 0 Å². The van der Waals surface area contributed by atoms with E-state index >= 15 is 0 Å². The van der Waals surface area contributed by atoms with Crippen LogP contribution in [0.3, 0.4) is 0 Å². The predicted octanol–water partition coefficient (Wildman–Crippen LogP) is 1.36. The molecular formula is C12H15O3-. The maximum absolute atomic E-state index is 10.7. The van der Waals surface area contributed by atoms with E-state index < -0.39 is 5.97 Å². The van der Waals surface area contributed by atoms with E-state index in [9.17, 15) is 9.90 Å². The Bertz CT molecular complexity index is 375. The lowest BCUT2D eigenvalue weighted by Crippen LogP contribution is -2.23. The fraction of sp³-hybridized carbons (Fsp3) is 0.417. The molecule has 0 amide bonds. The van der Waals surface area contributed by atoms with Crippen molar-refractivity contribution in [1.82, 2.24) is 0 Å². The molecule has 0 atom stereocenters. The zero-order valence-electron chi connectivity index (χ0n) is 9.46. The van der Waals surface area contributed by atoms with Crippen LogP contribution >= 0.6 is 0 Å². The molecule has 1 aromatic rings. The van der Waals surface area contributed by atoms with Gasteiger partial charge in [-0.05, 0) is 29.2 Å². The second-order valence-corrected chi connectivity index (χ2v) is 4.45. The molecule has 1 aromatic carbocycles. The predicted molar refractivity (Wildman–Crippen MR) is 56.0 cm³/mol. The number of benzene rings is 1. The number of hydrogen-bond donors (Lipinski definition) is 0. The van der Waals surface area contributed by atoms with Gasteiger partial charge in [-0.25, -0.2) is 0 Å². The summed E-state index contributed by atoms with van der Waals surface area (Å²) in [4.78, 5) is 10.7. The lowest BCUT2D eigenvalue weighted by atomic mass is 9.85. The van der Waals surface area contributed by atoms with Crippen molar-refractivity contribution in [2.75, 3.05) is 7.11 Å². The van der Waals surface area contributed by atoms with E-state index in [1.54, 1.807) is 19.2 Å². The second-order valence-electron chi connectivity index (χ2n) is 4.45. The third-order valence-corrected chi connectivity index (χ3v) is 2.24. The Morgan fingerprint density at radius 3 is 2.33 bits per heavy atom. The summed E-state index contributed by atoms with van der Waals surface area (Å²) in [5, 5.41) is 10.7. The minimum atomic E-state index is -1.16. The average Bonchev–Trinajstić information content (AvgIpc) is 2.15. The van der Waals surface area contributed by atoms with E-state index in [-0.39, 0.29) is 11.0 Å². The molecule has 0 aliphatic carbocycles. The number of methoxy groups -OCH3 is 1. The van der Waals surface area contributed by atoms with Crippen LogP contribution in [0.5, 0.6) is 5.75 Å². The number of rotatable bonds is 2. The molecule has 0 unspecified atom stereocenters. The SMILES string of the molecule is COc1ccc(C(=O)[O-])cc1C(C)(C)C. The monoisotopic (exact) mass is 207 g/mol. The van der Waals surface area contributed by atoms with Crippen molar-refractivity contribution in [2.24, 2.45) is 0 Å². The van der Waals surface area contributed by atoms with Crippen LogP contribution in [-0.2, 0) is 5.41 Å². The van der Waals surface area contributed by atoms with E-state index in [0.717, 1.165) is 5.56 Å². The van der Waals surface area contributed by atoms with Crippen LogP contribution in [0.25, 0.3) is 0 Å². The quantitative estimate of drug-likeness (QED) is 0.735. The van der Waals surface area contributed by atoms with Gasteiger partial charge in [0.2, 0.25) is 0 Å². The smallest absolute Gasteiger partial charge is 0.122 e. The summed E-state index contributed by atoms with van der Waals surface area (Å²) in [6.45, 7) is 6.01. The largest absolute Gasteiger partial charge is 0.545 e. The van der Waals surface area contributed by atoms with Crippen LogP contribution in [0.1, 0.15) is 36.7 Å². The molecular weight excluding hydrogens is 192 g/mol. The topological polar surface area (TPSA) is 49.4 Å². The van der Waals surface area contributed by atoms with E-state index in [2.05, 4.69) is 0 Å². The van der Waals surface area contributed by atoms with Gasteiger partial charge in [-0.3, -0.25) is 0 Å². The molecule has 15 heavy (non-hydrogen) atoms. The molecule has 0 radical (unpaired) electrons. The first-order chi connectivity index (χ1) is 6.86. The molecule has 1 rings (SSSR count). The number of ether oxygens (including phenoxy) is 1. The number of aromatic carboxylic acids is 1. The first kappa shape index (κ1) is 11.6. The Morgan fingerprint density at radius 2 is 1.93 bits per heavy atom. The molecule has 3 nitrogen and oxygen atoms in total. The Morgan fingerprint density at radius 1 is 1.33 bits per heavy atom. The van der Waals surface area contributed by atoms with Crippen molar-refractivity contribution in [1.29, 1.82) is 0 Å². The highest BCUT2D eigenvalue weighted by atomic mass is 16.5. The van der Waals surface area contributed by atoms with Crippen molar-refractivity contribution < 1.29 is 14.6 Å². The molecule has 0 heterocycles. The van der Waals surface area contributed by atoms with Gasteiger partial charge in [0, 0.05) is 5.56 Å². The van der Waals surface area contributed by atoms with Crippen molar-refractivity contribution >= 4 is 5.97 Å². The molecule has 0 saturated heterocycles. The van der Waals surface area contributed by atoms with Crippen LogP contribution in [0.15, 0.2) is 18.2 Å². The number of hydrogen-bond acceptors (Lipinski definition) is 3. The standard InChI is InChI=1S/C12H16O3/c1-12(2,3)9-7-8(11(13)14)5-6-10(9)15-4/h5-7H,1-4H3,(H,13,14)/p-1. The van der Waals surface area contributed by atoms with Gasteiger partial charge in [0.05, 0.1) is 13.1 Å². The van der Waals surface area contributed by atoms with E-state index in [1.165, 1.54) is 6.07 Å². The summed E-state index contributed by atoms with van der Waals surface area (Å²) in [7, 11) is 1.57. The minimum Gasteiger partial charge on any atom is -0.545 e. The molecule has 0 bridgehead atoms. The summed E-state index contributed by atoms with van der Waals surface area (Å²) in [5.41, 5.74) is 0.893. The van der Waals surface area contributed by atoms with Crippen LogP contribution in [-0.4, -0.2) is 13.1 Å². The van der Waals surface area contributed by atoms with Crippen molar-refractivity contribution in [2.45, 2.75) is 26.2 Å². The summed E-state index contributed by atoms with van der Waals surface area (Å²) < 4.78 is 5.19. The van der Waals surface area contributed by atoms with Crippen LogP contribution in [0.4, 0.5) is 0 Å². The van der Waals surface area contributed by atoms with Gasteiger partial charge < -0.3 is 14.6 Å². The van der Waals surface area contributed by atoms with Crippen LogP contribution in [0.2, 0.25) is 0 Å². The average molecular weight is 207 g/mol. The maximum atomic E-state index is 10.7. The molecule has 82 valence electrons. The Kier molecular flexibility index (Phi) is 3.03. The number of carbonyl (C=O) groups excluding carboxylic acids is 1. The Balaban J connectivity index is 3.32. The first-order valence-electron chi connectivity index (χ1n) is 4.76. The van der Waals surface area contributed by atoms with Crippen molar-refractivity contribution in [3.8, 4) is 5.75 Å². The minimum absolute atomic E-state index is 0.156. The van der Waals surface area contributed by atoms with Gasteiger partial charge in [0.25, 0.3) is 0 Å². The summed E-state index contributed by atoms with van der Waals surface area (Å²) in [5.74, 6) is -0.462. The molecule has 0 aliphatic heterocycles. The second kappa shape index (κ2) is 3.93. The maximum Gasteiger partial charge on any atom is 0.122 e. The van der Waals surface area contributed by atoms with Crippen molar-refractivity contribution in [3.63, 3.8) is 0 Å². The van der Waals surface area contributed by atoms with E-state index in [4.69, 9.17) is 4.74 Å². The summed E-state index contributed by atoms with van der Waals surface area (Å²) >= 11 is 0. The zero-order chi connectivity index (χ0) is 11.6. The third kappa shape index (κ3) is 2.49. The van der Waals surface area contributed by atoms with Crippen LogP contribution < -0.4 is 9.84 Å². The normalized spacial score (nSPS) is 11.2. The van der Waals surface area contributed by atoms with Gasteiger partial charge in [0.1, 0.15) is 5.75 Å². The molecule has 0 aromatic heterocycles. The van der Waals surface area contributed by atoms with E-state index in [1.807, 2.05) is 20.8 Å². The van der Waals surface area contributed by atoms with Gasteiger partial charge in [-0.1, -0.05) is 20.8 Å². The summed E-state index contributed by atoms with van der Waals surface area (Å²) in [6, 6.07) is 4.75. The molecule has 0 spiro atoms. The fourth-order valence-corrected chi connectivity index (χ4v) is 1.42. The van der Waals surface area contributed by atoms with Gasteiger partial charge in [0.15, 0.2) is 0 Å². The highest BCUT2D eigenvalue weighted by molar-refractivity contribution is 5.86. The Labute approximate surface area is 89.7 Å². The van der Waals surface area contributed by atoms with E-state index in [0.29, 0.717) is 5.75 Å². The van der Waals surface area contributed by atoms with Crippen molar-refractivity contribution in [3.05, 3.63) is 29.3 Å². The summed E-state index contributed by atoms with van der Waals surface area (Å²) in [6.07, 6.45) is 0. The molecule has 0 fully saturated rings. The lowest BCUT2D eigenvalue weighted by Gasteiger charge is -2.23. The highest BCUT2D eigenvalue weighted by Crippen LogP contribution is 2.31. The molecule has 3 heteroatoms. The first-order valence-corrected chi connectivity index (χ1v) is 4.76. The number of carboxylic acid groups (broad SMARTS) is 1. The number of carboxylic acids is 1.